The van der Waals surface area contributed by atoms with E-state index in [9.17, 15) is 9.59 Å². The highest BCUT2D eigenvalue weighted by atomic mass is 127. The van der Waals surface area contributed by atoms with E-state index in [0.717, 1.165) is 72.2 Å². The van der Waals surface area contributed by atoms with Crippen LogP contribution in [0.5, 0.6) is 0 Å². The first-order chi connectivity index (χ1) is 27.3. The number of benzene rings is 5. The van der Waals surface area contributed by atoms with Crippen LogP contribution in [0, 0.1) is 7.14 Å². The first-order valence-electron chi connectivity index (χ1n) is 20.1. The van der Waals surface area contributed by atoms with Crippen LogP contribution in [0.15, 0.2) is 109 Å². The first-order valence-corrected chi connectivity index (χ1v) is 22.3. The molecule has 56 heavy (non-hydrogen) atoms. The summed E-state index contributed by atoms with van der Waals surface area (Å²) in [5.41, 5.74) is 7.59. The number of hydrogen-bond donors (Lipinski definition) is 2. The van der Waals surface area contributed by atoms with Crippen LogP contribution in [0.4, 0.5) is 22.7 Å². The van der Waals surface area contributed by atoms with Crippen LogP contribution < -0.4 is 10.6 Å². The molecule has 0 unspecified atom stereocenters. The van der Waals surface area contributed by atoms with Crippen LogP contribution in [0.1, 0.15) is 112 Å². The zero-order chi connectivity index (χ0) is 39.5. The lowest BCUT2D eigenvalue weighted by Crippen LogP contribution is -2.14. The summed E-state index contributed by atoms with van der Waals surface area (Å²) in [6.45, 7) is 5.07. The van der Waals surface area contributed by atoms with Gasteiger partial charge in [-0.2, -0.15) is 0 Å². The molecule has 294 valence electrons. The van der Waals surface area contributed by atoms with Gasteiger partial charge in [-0.15, -0.1) is 0 Å². The van der Waals surface area contributed by atoms with Crippen LogP contribution in [-0.4, -0.2) is 25.2 Å². The Bertz CT molecular complexity index is 1820. The molecule has 2 N–H and O–H groups in total. The molecule has 5 rings (SSSR count). The van der Waals surface area contributed by atoms with Gasteiger partial charge in [0.05, 0.1) is 35.7 Å². The molecule has 0 aromatic heterocycles. The van der Waals surface area contributed by atoms with Crippen LogP contribution in [0.3, 0.4) is 0 Å². The average Bonchev–Trinajstić information content (AvgIpc) is 3.21. The van der Waals surface area contributed by atoms with E-state index in [0.29, 0.717) is 35.7 Å². The van der Waals surface area contributed by atoms with Gasteiger partial charge < -0.3 is 20.1 Å². The van der Waals surface area contributed by atoms with Crippen molar-refractivity contribution in [2.24, 2.45) is 0 Å². The van der Waals surface area contributed by atoms with Gasteiger partial charge >= 0.3 is 11.9 Å². The number of nitrogens with one attached hydrogen (secondary N) is 2. The van der Waals surface area contributed by atoms with Crippen molar-refractivity contribution in [3.8, 4) is 22.3 Å². The summed E-state index contributed by atoms with van der Waals surface area (Å²) in [6, 6.07) is 36.3. The Morgan fingerprint density at radius 3 is 1.09 bits per heavy atom. The minimum atomic E-state index is -0.444. The van der Waals surface area contributed by atoms with Crippen LogP contribution in [-0.2, 0) is 9.47 Å². The smallest absolute Gasteiger partial charge is 0.340 e. The Morgan fingerprint density at radius 1 is 0.446 bits per heavy atom. The third kappa shape index (κ3) is 13.6. The minimum Gasteiger partial charge on any atom is -0.462 e. The molecule has 5 aromatic rings. The number of carbonyl (C=O) groups excluding carboxylic acids is 2. The van der Waals surface area contributed by atoms with Crippen LogP contribution in [0.25, 0.3) is 22.3 Å². The Balaban J connectivity index is 1.44. The largest absolute Gasteiger partial charge is 0.462 e. The summed E-state index contributed by atoms with van der Waals surface area (Å²) in [5, 5.41) is 6.88. The van der Waals surface area contributed by atoms with E-state index in [1.807, 2.05) is 48.5 Å². The highest BCUT2D eigenvalue weighted by Gasteiger charge is 2.22. The number of anilines is 4. The molecule has 8 heteroatoms. The van der Waals surface area contributed by atoms with Crippen molar-refractivity contribution in [1.29, 1.82) is 0 Å². The second-order valence-electron chi connectivity index (χ2n) is 14.2. The first kappa shape index (κ1) is 43.2. The molecule has 0 amide bonds. The van der Waals surface area contributed by atoms with E-state index in [2.05, 4.69) is 118 Å². The maximum Gasteiger partial charge on any atom is 0.340 e. The lowest BCUT2D eigenvalue weighted by atomic mass is 10.0. The van der Waals surface area contributed by atoms with E-state index in [1.165, 1.54) is 45.7 Å². The fraction of sp³-hybridized carbons (Fsp3) is 0.333. The van der Waals surface area contributed by atoms with Gasteiger partial charge in [-0.05, 0) is 141 Å². The molecule has 0 saturated carbocycles. The number of halogens is 2. The number of rotatable bonds is 22. The van der Waals surface area contributed by atoms with E-state index in [4.69, 9.17) is 9.47 Å². The lowest BCUT2D eigenvalue weighted by Gasteiger charge is -2.18. The predicted octanol–water partition coefficient (Wildman–Crippen LogP) is 14.8. The third-order valence-corrected chi connectivity index (χ3v) is 11.2. The summed E-state index contributed by atoms with van der Waals surface area (Å²) < 4.78 is 14.1. The van der Waals surface area contributed by atoms with Gasteiger partial charge in [-0.25, -0.2) is 9.59 Å². The average molecular weight is 977 g/mol. The zero-order valence-electron chi connectivity index (χ0n) is 32.7. The van der Waals surface area contributed by atoms with Crippen molar-refractivity contribution >= 4 is 79.9 Å². The maximum atomic E-state index is 13.9. The third-order valence-electron chi connectivity index (χ3n) is 9.74. The molecule has 0 heterocycles. The number of ether oxygens (including phenoxy) is 2. The van der Waals surface area contributed by atoms with Gasteiger partial charge in [0.2, 0.25) is 0 Å². The van der Waals surface area contributed by atoms with Gasteiger partial charge in [0.25, 0.3) is 0 Å². The standard InChI is InChI=1S/C48H54I2N2O4/c1-3-5-7-9-11-13-31-55-47(53)43-33-46(52-42-29-21-38(22-30-42)36-17-25-40(50)26-18-36)44(48(54)56-32-14-12-10-8-6-4-2)34-45(43)51-41-27-19-37(20-28-41)35-15-23-39(49)24-16-35/h15-30,33-34,51-52H,3-14,31-32H2,1-2H3. The van der Waals surface area contributed by atoms with Gasteiger partial charge in [-0.3, -0.25) is 0 Å². The molecular weight excluding hydrogens is 922 g/mol. The predicted molar refractivity (Wildman–Crippen MR) is 250 cm³/mol. The maximum absolute atomic E-state index is 13.9. The lowest BCUT2D eigenvalue weighted by molar-refractivity contribution is 0.0485. The highest BCUT2D eigenvalue weighted by Crippen LogP contribution is 2.33. The van der Waals surface area contributed by atoms with Crippen molar-refractivity contribution in [2.45, 2.75) is 90.9 Å². The Hall–Kier alpha value is -3.90. The van der Waals surface area contributed by atoms with Crippen molar-refractivity contribution in [2.75, 3.05) is 23.8 Å². The monoisotopic (exact) mass is 976 g/mol. The fourth-order valence-electron chi connectivity index (χ4n) is 6.48. The number of unbranched alkanes of at least 4 members (excludes halogenated alkanes) is 10. The highest BCUT2D eigenvalue weighted by molar-refractivity contribution is 14.1. The van der Waals surface area contributed by atoms with E-state index < -0.39 is 11.9 Å². The van der Waals surface area contributed by atoms with Gasteiger partial charge in [-0.1, -0.05) is 127 Å². The van der Waals surface area contributed by atoms with Crippen molar-refractivity contribution in [3.63, 3.8) is 0 Å². The molecule has 0 aliphatic rings. The molecular formula is C48H54I2N2O4. The number of esters is 2. The van der Waals surface area contributed by atoms with Crippen LogP contribution >= 0.6 is 45.2 Å². The Kier molecular flexibility index (Phi) is 18.0. The molecule has 5 aromatic carbocycles. The molecule has 0 fully saturated rings. The van der Waals surface area contributed by atoms with Gasteiger partial charge in [0.15, 0.2) is 0 Å². The van der Waals surface area contributed by atoms with E-state index in [1.54, 1.807) is 12.1 Å². The summed E-state index contributed by atoms with van der Waals surface area (Å²) >= 11 is 4.62. The Labute approximate surface area is 360 Å². The fourth-order valence-corrected chi connectivity index (χ4v) is 7.20. The molecule has 6 nitrogen and oxygen atoms in total. The van der Waals surface area contributed by atoms with E-state index >= 15 is 0 Å². The summed E-state index contributed by atoms with van der Waals surface area (Å²) in [4.78, 5) is 27.8. The molecule has 0 atom stereocenters. The number of carbonyl (C=O) groups is 2. The molecule has 0 bridgehead atoms. The SMILES string of the molecule is CCCCCCCCOC(=O)c1cc(Nc2ccc(-c3ccc(I)cc3)cc2)c(C(=O)OCCCCCCCC)cc1Nc1ccc(-c2ccc(I)cc2)cc1. The number of hydrogen-bond acceptors (Lipinski definition) is 6. The summed E-state index contributed by atoms with van der Waals surface area (Å²) in [6.07, 6.45) is 13.1. The normalized spacial score (nSPS) is 10.9. The second-order valence-corrected chi connectivity index (χ2v) is 16.7. The van der Waals surface area contributed by atoms with Crippen molar-refractivity contribution in [1.82, 2.24) is 0 Å². The van der Waals surface area contributed by atoms with Crippen molar-refractivity contribution < 1.29 is 19.1 Å². The molecule has 0 aliphatic heterocycles. The molecule has 0 radical (unpaired) electrons. The van der Waals surface area contributed by atoms with Gasteiger partial charge in [0.1, 0.15) is 0 Å². The topological polar surface area (TPSA) is 76.7 Å². The van der Waals surface area contributed by atoms with Crippen LogP contribution in [0.2, 0.25) is 0 Å². The molecule has 0 aliphatic carbocycles. The van der Waals surface area contributed by atoms with E-state index in [-0.39, 0.29) is 0 Å². The molecule has 0 spiro atoms. The quantitative estimate of drug-likeness (QED) is 0.0409. The van der Waals surface area contributed by atoms with Gasteiger partial charge in [0, 0.05) is 18.5 Å². The zero-order valence-corrected chi connectivity index (χ0v) is 37.0. The summed E-state index contributed by atoms with van der Waals surface area (Å²) in [7, 11) is 0. The van der Waals surface area contributed by atoms with Crippen molar-refractivity contribution in [3.05, 3.63) is 127 Å². The Morgan fingerprint density at radius 2 is 0.750 bits per heavy atom. The minimum absolute atomic E-state index is 0.333. The second kappa shape index (κ2) is 23.4. The summed E-state index contributed by atoms with van der Waals surface area (Å²) in [5.74, 6) is -0.888. The molecule has 0 saturated heterocycles.